The number of aliphatic hydroxyl groups is 1. The molecule has 0 spiro atoms. The van der Waals surface area contributed by atoms with E-state index < -0.39 is 18.5 Å². The molecule has 14 heavy (non-hydrogen) atoms. The number of aliphatic hydroxyl groups excluding tert-OH is 1. The molecule has 6 nitrogen and oxygen atoms in total. The van der Waals surface area contributed by atoms with E-state index >= 15 is 0 Å². The van der Waals surface area contributed by atoms with Gasteiger partial charge in [-0.3, -0.25) is 4.79 Å². The van der Waals surface area contributed by atoms with Crippen LogP contribution in [-0.2, 0) is 19.2 Å². The molecule has 0 saturated carbocycles. The van der Waals surface area contributed by atoms with E-state index in [1.54, 1.807) is 14.2 Å². The molecule has 0 aliphatic heterocycles. The van der Waals surface area contributed by atoms with Crippen LogP contribution in [0.2, 0.25) is 0 Å². The van der Waals surface area contributed by atoms with Crippen LogP contribution in [-0.4, -0.2) is 49.9 Å². The van der Waals surface area contributed by atoms with E-state index in [0.717, 1.165) is 6.08 Å². The van der Waals surface area contributed by atoms with Crippen molar-refractivity contribution in [2.45, 2.75) is 0 Å². The van der Waals surface area contributed by atoms with Crippen LogP contribution in [0.25, 0.3) is 0 Å². The highest BCUT2D eigenvalue weighted by molar-refractivity contribution is 5.87. The van der Waals surface area contributed by atoms with Crippen molar-refractivity contribution >= 4 is 11.9 Å². The van der Waals surface area contributed by atoms with Crippen LogP contribution in [0.5, 0.6) is 0 Å². The Kier molecular flexibility index (Phi) is 10.4. The molecule has 6 heteroatoms. The molecule has 1 amide bonds. The summed E-state index contributed by atoms with van der Waals surface area (Å²) in [5, 5.41) is 8.89. The Labute approximate surface area is 82.7 Å². The van der Waals surface area contributed by atoms with Crippen LogP contribution in [0.15, 0.2) is 12.7 Å². The number of nitrogens with zero attached hydrogens (tertiary/aromatic N) is 1. The summed E-state index contributed by atoms with van der Waals surface area (Å²) in [4.78, 5) is 25.2. The van der Waals surface area contributed by atoms with Gasteiger partial charge in [0.25, 0.3) is 5.91 Å². The van der Waals surface area contributed by atoms with Crippen molar-refractivity contribution in [1.29, 1.82) is 0 Å². The summed E-state index contributed by atoms with van der Waals surface area (Å²) < 4.78 is 4.25. The Balaban J connectivity index is 0. The maximum Gasteiger partial charge on any atom is 0.357 e. The number of amides is 1. The summed E-state index contributed by atoms with van der Waals surface area (Å²) in [6, 6.07) is 0. The fourth-order valence-corrected chi connectivity index (χ4v) is 0.355. The first-order valence-corrected chi connectivity index (χ1v) is 3.65. The maximum atomic E-state index is 10.6. The minimum Gasteiger partial charge on any atom is -0.388 e. The van der Waals surface area contributed by atoms with Crippen LogP contribution >= 0.6 is 0 Å². The molecule has 0 aromatic rings. The van der Waals surface area contributed by atoms with Gasteiger partial charge in [-0.05, 0) is 6.08 Å². The molecule has 0 unspecified atom stereocenters. The van der Waals surface area contributed by atoms with Gasteiger partial charge in [-0.15, -0.1) is 0 Å². The summed E-state index contributed by atoms with van der Waals surface area (Å²) in [7, 11) is 4.50. The highest BCUT2D eigenvalue weighted by Crippen LogP contribution is 1.87. The number of carbonyl (C=O) groups is 2. The van der Waals surface area contributed by atoms with Crippen molar-refractivity contribution in [3.8, 4) is 0 Å². The molecule has 0 aromatic heterocycles. The van der Waals surface area contributed by atoms with E-state index in [4.69, 9.17) is 5.11 Å². The molecule has 0 radical (unpaired) electrons. The molecular formula is C8H15NO5. The maximum absolute atomic E-state index is 10.6. The highest BCUT2D eigenvalue weighted by atomic mass is 16.7. The SMILES string of the molecule is C=CC(=O)N(C)OC(=O)CO.COC. The Morgan fingerprint density at radius 1 is 1.50 bits per heavy atom. The van der Waals surface area contributed by atoms with Gasteiger partial charge in [-0.2, -0.15) is 5.06 Å². The largest absolute Gasteiger partial charge is 0.388 e. The average molecular weight is 205 g/mol. The average Bonchev–Trinajstić information content (AvgIpc) is 2.17. The normalized spacial score (nSPS) is 8.00. The molecule has 1 N–H and O–H groups in total. The Hall–Kier alpha value is -1.40. The molecule has 0 aromatic carbocycles. The lowest BCUT2D eigenvalue weighted by Gasteiger charge is -2.12. The topological polar surface area (TPSA) is 76.1 Å². The van der Waals surface area contributed by atoms with E-state index in [9.17, 15) is 9.59 Å². The molecule has 0 atom stereocenters. The van der Waals surface area contributed by atoms with Gasteiger partial charge in [-0.25, -0.2) is 4.79 Å². The smallest absolute Gasteiger partial charge is 0.357 e. The number of hydroxylamine groups is 2. The van der Waals surface area contributed by atoms with Crippen molar-refractivity contribution in [3.63, 3.8) is 0 Å². The number of hydrogen-bond acceptors (Lipinski definition) is 5. The summed E-state index contributed by atoms with van der Waals surface area (Å²) in [5.41, 5.74) is 0. The van der Waals surface area contributed by atoms with Gasteiger partial charge in [-0.1, -0.05) is 6.58 Å². The lowest BCUT2D eigenvalue weighted by atomic mass is 10.6. The third-order valence-corrected chi connectivity index (χ3v) is 0.853. The van der Waals surface area contributed by atoms with Crippen molar-refractivity contribution in [2.75, 3.05) is 27.9 Å². The minimum atomic E-state index is -0.886. The summed E-state index contributed by atoms with van der Waals surface area (Å²) in [5.74, 6) is -1.44. The third-order valence-electron chi connectivity index (χ3n) is 0.853. The second-order valence-corrected chi connectivity index (χ2v) is 2.07. The predicted octanol–water partition coefficient (Wildman–Crippen LogP) is -0.656. The van der Waals surface area contributed by atoms with Crippen molar-refractivity contribution in [2.24, 2.45) is 0 Å². The second kappa shape index (κ2) is 9.69. The molecule has 0 fully saturated rings. The molecule has 82 valence electrons. The van der Waals surface area contributed by atoms with Crippen LogP contribution in [0.3, 0.4) is 0 Å². The monoisotopic (exact) mass is 205 g/mol. The van der Waals surface area contributed by atoms with Gasteiger partial charge in [0, 0.05) is 21.3 Å². The van der Waals surface area contributed by atoms with E-state index in [2.05, 4.69) is 16.2 Å². The van der Waals surface area contributed by atoms with E-state index in [-0.39, 0.29) is 0 Å². The fourth-order valence-electron chi connectivity index (χ4n) is 0.355. The lowest BCUT2D eigenvalue weighted by molar-refractivity contribution is -0.191. The Bertz CT molecular complexity index is 192. The summed E-state index contributed by atoms with van der Waals surface area (Å²) in [6.45, 7) is 2.41. The highest BCUT2D eigenvalue weighted by Gasteiger charge is 2.09. The molecular weight excluding hydrogens is 190 g/mol. The lowest BCUT2D eigenvalue weighted by Crippen LogP contribution is -2.29. The zero-order valence-electron chi connectivity index (χ0n) is 8.52. The van der Waals surface area contributed by atoms with Crippen molar-refractivity contribution in [3.05, 3.63) is 12.7 Å². The van der Waals surface area contributed by atoms with Crippen LogP contribution in [0, 0.1) is 0 Å². The first kappa shape index (κ1) is 15.1. The van der Waals surface area contributed by atoms with Gasteiger partial charge in [0.1, 0.15) is 6.61 Å². The van der Waals surface area contributed by atoms with Gasteiger partial charge in [0.2, 0.25) is 0 Å². The number of rotatable bonds is 2. The molecule has 0 aliphatic rings. The van der Waals surface area contributed by atoms with Crippen molar-refractivity contribution < 1.29 is 24.3 Å². The van der Waals surface area contributed by atoms with E-state index in [1.807, 2.05) is 0 Å². The first-order chi connectivity index (χ1) is 6.53. The zero-order chi connectivity index (χ0) is 11.6. The van der Waals surface area contributed by atoms with Crippen LogP contribution in [0.1, 0.15) is 0 Å². The van der Waals surface area contributed by atoms with Crippen LogP contribution < -0.4 is 0 Å². The number of carbonyl (C=O) groups excluding carboxylic acids is 2. The van der Waals surface area contributed by atoms with E-state index in [1.165, 1.54) is 7.05 Å². The number of ether oxygens (including phenoxy) is 1. The molecule has 0 rings (SSSR count). The van der Waals surface area contributed by atoms with Gasteiger partial charge < -0.3 is 14.7 Å². The quantitative estimate of drug-likeness (QED) is 0.478. The van der Waals surface area contributed by atoms with Gasteiger partial charge in [0.15, 0.2) is 0 Å². The van der Waals surface area contributed by atoms with Gasteiger partial charge in [0.05, 0.1) is 0 Å². The first-order valence-electron chi connectivity index (χ1n) is 3.65. The Morgan fingerprint density at radius 2 is 1.93 bits per heavy atom. The molecule has 0 aliphatic carbocycles. The fraction of sp³-hybridized carbons (Fsp3) is 0.500. The minimum absolute atomic E-state index is 0.549. The predicted molar refractivity (Wildman–Crippen MR) is 49.1 cm³/mol. The Morgan fingerprint density at radius 3 is 2.21 bits per heavy atom. The molecule has 0 saturated heterocycles. The zero-order valence-corrected chi connectivity index (χ0v) is 8.52. The van der Waals surface area contributed by atoms with Crippen LogP contribution in [0.4, 0.5) is 0 Å². The second-order valence-electron chi connectivity index (χ2n) is 2.07. The summed E-state index contributed by atoms with van der Waals surface area (Å²) >= 11 is 0. The third kappa shape index (κ3) is 8.69. The molecule has 0 heterocycles. The standard InChI is InChI=1S/C6H9NO4.C2H6O/c1-3-5(9)7(2)11-6(10)4-8;1-3-2/h3,8H,1,4H2,2H3;1-2H3. The van der Waals surface area contributed by atoms with E-state index in [0.29, 0.717) is 5.06 Å². The number of methoxy groups -OCH3 is 1. The van der Waals surface area contributed by atoms with Crippen molar-refractivity contribution in [1.82, 2.24) is 5.06 Å². The summed E-state index contributed by atoms with van der Waals surface area (Å²) in [6.07, 6.45) is 0.991. The number of likely N-dealkylation sites (N-methyl/N-ethyl adjacent to an activating group) is 1. The molecule has 0 bridgehead atoms. The van der Waals surface area contributed by atoms with Gasteiger partial charge >= 0.3 is 5.97 Å². The number of hydrogen-bond donors (Lipinski definition) is 1.